The fourth-order valence-corrected chi connectivity index (χ4v) is 4.46. The van der Waals surface area contributed by atoms with E-state index >= 15 is 0 Å². The maximum Gasteiger partial charge on any atom is 0.453 e. The normalized spacial score (nSPS) is 18.7. The summed E-state index contributed by atoms with van der Waals surface area (Å²) in [6, 6.07) is 8.73. The lowest BCUT2D eigenvalue weighted by molar-refractivity contribution is -0.922. The summed E-state index contributed by atoms with van der Waals surface area (Å²) in [6.45, 7) is 6.00. The molecule has 1 aliphatic heterocycles. The highest BCUT2D eigenvalue weighted by atomic mass is 19.4. The number of ether oxygens (including phenoxy) is 2. The second-order valence-electron chi connectivity index (χ2n) is 8.64. The van der Waals surface area contributed by atoms with Gasteiger partial charge in [0.15, 0.2) is 17.1 Å². The molecule has 1 aromatic heterocycles. The molecule has 182 valence electrons. The minimum absolute atomic E-state index is 0.0350. The summed E-state index contributed by atoms with van der Waals surface area (Å²) in [7, 11) is 0. The second-order valence-corrected chi connectivity index (χ2v) is 8.64. The van der Waals surface area contributed by atoms with Crippen LogP contribution in [0.15, 0.2) is 45.6 Å². The number of likely N-dealkylation sites (tertiary alicyclic amines) is 1. The van der Waals surface area contributed by atoms with Gasteiger partial charge in [-0.3, -0.25) is 4.79 Å². The lowest BCUT2D eigenvalue weighted by Gasteiger charge is -2.28. The largest absolute Gasteiger partial charge is 0.507 e. The molecule has 0 radical (unpaired) electrons. The van der Waals surface area contributed by atoms with Crippen molar-refractivity contribution in [2.24, 2.45) is 5.92 Å². The second kappa shape index (κ2) is 9.58. The predicted molar refractivity (Wildman–Crippen MR) is 120 cm³/mol. The van der Waals surface area contributed by atoms with Gasteiger partial charge in [0.25, 0.3) is 5.76 Å². The molecule has 2 aromatic carbocycles. The van der Waals surface area contributed by atoms with Crippen LogP contribution in [0, 0.1) is 5.92 Å². The number of fused-ring (bicyclic) bond motifs is 1. The molecule has 1 aliphatic rings. The standard InChI is InChI=1S/C25H26F3NO5/c1-3-32-19-8-4-5-9-20(19)33-23-21(31)16-10-11-18(30)17(14-29-12-6-7-15(2)13-29)22(16)34-24(23)25(26,27)28/h4-5,8-11,15,30H,3,6-7,12-14H2,1-2H3/p+1/t15-/m1/s1. The average molecular weight is 478 g/mol. The predicted octanol–water partition coefficient (Wildman–Crippen LogP) is 4.52. The van der Waals surface area contributed by atoms with Crippen molar-refractivity contribution in [1.29, 1.82) is 0 Å². The Morgan fingerprint density at radius 3 is 2.59 bits per heavy atom. The molecule has 0 amide bonds. The number of phenols is 1. The average Bonchev–Trinajstić information content (AvgIpc) is 2.78. The third-order valence-electron chi connectivity index (χ3n) is 6.01. The summed E-state index contributed by atoms with van der Waals surface area (Å²) < 4.78 is 58.3. The van der Waals surface area contributed by atoms with Gasteiger partial charge in [0.05, 0.1) is 30.6 Å². The zero-order valence-electron chi connectivity index (χ0n) is 19.0. The minimum Gasteiger partial charge on any atom is -0.507 e. The van der Waals surface area contributed by atoms with Crippen LogP contribution >= 0.6 is 0 Å². The van der Waals surface area contributed by atoms with E-state index in [-0.39, 0.29) is 46.9 Å². The third-order valence-corrected chi connectivity index (χ3v) is 6.01. The topological polar surface area (TPSA) is 73.3 Å². The summed E-state index contributed by atoms with van der Waals surface area (Å²) in [4.78, 5) is 14.4. The van der Waals surface area contributed by atoms with Gasteiger partial charge in [0, 0.05) is 5.92 Å². The van der Waals surface area contributed by atoms with Crippen molar-refractivity contribution in [2.45, 2.75) is 39.4 Å². The highest BCUT2D eigenvalue weighted by Gasteiger charge is 2.41. The Labute approximate surface area is 194 Å². The number of hydrogen-bond acceptors (Lipinski definition) is 5. The van der Waals surface area contributed by atoms with Gasteiger partial charge >= 0.3 is 6.18 Å². The van der Waals surface area contributed by atoms with E-state index in [2.05, 4.69) is 6.92 Å². The summed E-state index contributed by atoms with van der Waals surface area (Å²) in [5.41, 5.74) is -1.05. The quantitative estimate of drug-likeness (QED) is 0.545. The number of hydrogen-bond donors (Lipinski definition) is 2. The van der Waals surface area contributed by atoms with Crippen LogP contribution in [-0.4, -0.2) is 24.8 Å². The van der Waals surface area contributed by atoms with Crippen LogP contribution in [0.3, 0.4) is 0 Å². The number of para-hydroxylation sites is 2. The molecule has 0 spiro atoms. The molecular weight excluding hydrogens is 451 g/mol. The van der Waals surface area contributed by atoms with E-state index in [1.54, 1.807) is 19.1 Å². The molecule has 2 N–H and O–H groups in total. The van der Waals surface area contributed by atoms with Crippen molar-refractivity contribution in [3.05, 3.63) is 57.9 Å². The number of benzene rings is 2. The molecule has 3 aromatic rings. The number of rotatable bonds is 6. The molecule has 2 heterocycles. The van der Waals surface area contributed by atoms with Gasteiger partial charge < -0.3 is 23.9 Å². The number of phenolic OH excluding ortho intramolecular Hbond substituents is 1. The maximum absolute atomic E-state index is 14.0. The summed E-state index contributed by atoms with van der Waals surface area (Å²) in [6.07, 6.45) is -2.93. The minimum atomic E-state index is -5.00. The molecule has 2 atom stereocenters. The molecule has 0 saturated carbocycles. The zero-order chi connectivity index (χ0) is 24.5. The van der Waals surface area contributed by atoms with Crippen LogP contribution < -0.4 is 19.8 Å². The van der Waals surface area contributed by atoms with Crippen molar-refractivity contribution in [3.63, 3.8) is 0 Å². The lowest BCUT2D eigenvalue weighted by Crippen LogP contribution is -3.12. The maximum atomic E-state index is 14.0. The zero-order valence-corrected chi connectivity index (χ0v) is 19.0. The molecule has 1 saturated heterocycles. The first-order valence-corrected chi connectivity index (χ1v) is 11.3. The molecule has 0 bridgehead atoms. The van der Waals surface area contributed by atoms with Crippen molar-refractivity contribution < 1.29 is 37.1 Å². The fourth-order valence-electron chi connectivity index (χ4n) is 4.46. The highest BCUT2D eigenvalue weighted by molar-refractivity contribution is 5.83. The molecule has 1 unspecified atom stereocenters. The number of piperidine rings is 1. The van der Waals surface area contributed by atoms with Crippen molar-refractivity contribution in [3.8, 4) is 23.0 Å². The van der Waals surface area contributed by atoms with Crippen LogP contribution in [0.5, 0.6) is 23.0 Å². The first-order valence-electron chi connectivity index (χ1n) is 11.3. The van der Waals surface area contributed by atoms with E-state index in [0.717, 1.165) is 30.8 Å². The summed E-state index contributed by atoms with van der Waals surface area (Å²) in [5.74, 6) is -2.10. The Kier molecular flexibility index (Phi) is 6.74. The Balaban J connectivity index is 1.86. The smallest absolute Gasteiger partial charge is 0.453 e. The van der Waals surface area contributed by atoms with Crippen LogP contribution in [0.25, 0.3) is 11.0 Å². The van der Waals surface area contributed by atoms with Crippen molar-refractivity contribution in [2.75, 3.05) is 19.7 Å². The van der Waals surface area contributed by atoms with E-state index in [4.69, 9.17) is 13.9 Å². The number of quaternary nitrogens is 1. The highest BCUT2D eigenvalue weighted by Crippen LogP contribution is 2.41. The first kappa shape index (κ1) is 23.9. The Hall–Kier alpha value is -3.20. The fraction of sp³-hybridized carbons (Fsp3) is 0.400. The van der Waals surface area contributed by atoms with E-state index in [9.17, 15) is 23.1 Å². The Morgan fingerprint density at radius 2 is 1.91 bits per heavy atom. The van der Waals surface area contributed by atoms with Gasteiger partial charge in [-0.05, 0) is 44.0 Å². The van der Waals surface area contributed by atoms with Crippen LogP contribution in [0.1, 0.15) is 38.0 Å². The van der Waals surface area contributed by atoms with Gasteiger partial charge in [-0.15, -0.1) is 0 Å². The lowest BCUT2D eigenvalue weighted by atomic mass is 9.99. The molecule has 0 aliphatic carbocycles. The monoisotopic (exact) mass is 478 g/mol. The Bertz CT molecular complexity index is 1240. The van der Waals surface area contributed by atoms with Crippen molar-refractivity contribution in [1.82, 2.24) is 0 Å². The van der Waals surface area contributed by atoms with E-state index < -0.39 is 23.1 Å². The van der Waals surface area contributed by atoms with Gasteiger partial charge in [0.2, 0.25) is 11.2 Å². The number of alkyl halides is 3. The van der Waals surface area contributed by atoms with Crippen LogP contribution in [-0.2, 0) is 12.7 Å². The van der Waals surface area contributed by atoms with E-state index in [1.165, 1.54) is 24.3 Å². The summed E-state index contributed by atoms with van der Waals surface area (Å²) in [5, 5.41) is 10.4. The molecule has 6 nitrogen and oxygen atoms in total. The van der Waals surface area contributed by atoms with Crippen LogP contribution in [0.4, 0.5) is 13.2 Å². The summed E-state index contributed by atoms with van der Waals surface area (Å²) >= 11 is 0. The molecule has 34 heavy (non-hydrogen) atoms. The van der Waals surface area contributed by atoms with Gasteiger partial charge in [-0.25, -0.2) is 0 Å². The van der Waals surface area contributed by atoms with Gasteiger partial charge in [-0.2, -0.15) is 13.2 Å². The number of aromatic hydroxyl groups is 1. The molecular formula is C25H27F3NO5+. The van der Waals surface area contributed by atoms with Gasteiger partial charge in [-0.1, -0.05) is 19.1 Å². The first-order chi connectivity index (χ1) is 16.2. The molecule has 9 heteroatoms. The van der Waals surface area contributed by atoms with E-state index in [0.29, 0.717) is 5.92 Å². The SMILES string of the molecule is CCOc1ccccc1Oc1c(C(F)(F)F)oc2c(C[NH+]3CCC[C@@H](C)C3)c(O)ccc2c1=O. The molecule has 4 rings (SSSR count). The third kappa shape index (κ3) is 4.84. The van der Waals surface area contributed by atoms with Crippen molar-refractivity contribution >= 4 is 11.0 Å². The molecule has 1 fully saturated rings. The van der Waals surface area contributed by atoms with E-state index in [1.807, 2.05) is 0 Å². The van der Waals surface area contributed by atoms with Crippen LogP contribution in [0.2, 0.25) is 0 Å². The van der Waals surface area contributed by atoms with Gasteiger partial charge in [0.1, 0.15) is 12.3 Å². The number of nitrogens with one attached hydrogen (secondary N) is 1. The Morgan fingerprint density at radius 1 is 1.18 bits per heavy atom. The number of halogens is 3.